The Hall–Kier alpha value is -1.78. The smallest absolute Gasteiger partial charge is 0.310 e. The van der Waals surface area contributed by atoms with Gasteiger partial charge in [0, 0.05) is 12.6 Å². The summed E-state index contributed by atoms with van der Waals surface area (Å²) in [5, 5.41) is 2.87. The molecular formula is C13H18FNO3. The van der Waals surface area contributed by atoms with Gasteiger partial charge in [-0.15, -0.1) is 0 Å². The zero-order valence-electron chi connectivity index (χ0n) is 10.8. The molecule has 1 aromatic carbocycles. The van der Waals surface area contributed by atoms with Crippen molar-refractivity contribution in [1.29, 1.82) is 0 Å². The molecule has 0 spiro atoms. The van der Waals surface area contributed by atoms with E-state index in [1.165, 1.54) is 19.2 Å². The number of rotatable bonds is 6. The van der Waals surface area contributed by atoms with E-state index in [1.807, 2.05) is 0 Å². The first kappa shape index (κ1) is 14.3. The van der Waals surface area contributed by atoms with E-state index in [4.69, 9.17) is 9.47 Å². The van der Waals surface area contributed by atoms with Gasteiger partial charge in [-0.2, -0.15) is 0 Å². The minimum atomic E-state index is -0.383. The van der Waals surface area contributed by atoms with Crippen LogP contribution in [0.1, 0.15) is 13.8 Å². The van der Waals surface area contributed by atoms with Gasteiger partial charge in [0.2, 0.25) is 0 Å². The van der Waals surface area contributed by atoms with E-state index in [9.17, 15) is 9.18 Å². The number of hydrogen-bond donors (Lipinski definition) is 1. The van der Waals surface area contributed by atoms with Gasteiger partial charge in [-0.25, -0.2) is 4.39 Å². The highest BCUT2D eigenvalue weighted by atomic mass is 19.1. The Labute approximate surface area is 106 Å². The Morgan fingerprint density at radius 3 is 2.83 bits per heavy atom. The van der Waals surface area contributed by atoms with Crippen molar-refractivity contribution in [1.82, 2.24) is 0 Å². The maximum Gasteiger partial charge on any atom is 0.310 e. The Kier molecular flexibility index (Phi) is 5.42. The molecule has 0 aliphatic rings. The van der Waals surface area contributed by atoms with E-state index in [-0.39, 0.29) is 17.7 Å². The zero-order valence-corrected chi connectivity index (χ0v) is 10.8. The molecule has 1 N–H and O–H groups in total. The first-order valence-electron chi connectivity index (χ1n) is 5.82. The van der Waals surface area contributed by atoms with Crippen molar-refractivity contribution in [2.45, 2.75) is 13.8 Å². The van der Waals surface area contributed by atoms with E-state index < -0.39 is 0 Å². The van der Waals surface area contributed by atoms with Gasteiger partial charge >= 0.3 is 5.97 Å². The highest BCUT2D eigenvalue weighted by Gasteiger charge is 2.14. The molecule has 0 saturated carbocycles. The molecule has 5 heteroatoms. The van der Waals surface area contributed by atoms with Crippen LogP contribution in [-0.4, -0.2) is 26.2 Å². The maximum atomic E-state index is 13.5. The lowest BCUT2D eigenvalue weighted by molar-refractivity contribution is -0.146. The third kappa shape index (κ3) is 3.91. The fourth-order valence-electron chi connectivity index (χ4n) is 1.40. The number of benzene rings is 1. The van der Waals surface area contributed by atoms with Crippen LogP contribution in [0.3, 0.4) is 0 Å². The fourth-order valence-corrected chi connectivity index (χ4v) is 1.40. The molecule has 0 saturated heterocycles. The average Bonchev–Trinajstić information content (AvgIpc) is 2.37. The quantitative estimate of drug-likeness (QED) is 0.793. The summed E-state index contributed by atoms with van der Waals surface area (Å²) >= 11 is 0. The summed E-state index contributed by atoms with van der Waals surface area (Å²) in [5.74, 6) is -0.460. The first-order valence-corrected chi connectivity index (χ1v) is 5.82. The van der Waals surface area contributed by atoms with Crippen LogP contribution >= 0.6 is 0 Å². The predicted octanol–water partition coefficient (Wildman–Crippen LogP) is 2.45. The van der Waals surface area contributed by atoms with E-state index >= 15 is 0 Å². The maximum absolute atomic E-state index is 13.5. The Morgan fingerprint density at radius 2 is 2.22 bits per heavy atom. The van der Waals surface area contributed by atoms with E-state index in [1.54, 1.807) is 19.9 Å². The summed E-state index contributed by atoms with van der Waals surface area (Å²) in [6.45, 7) is 4.13. The lowest BCUT2D eigenvalue weighted by atomic mass is 10.2. The standard InChI is InChI=1S/C13H18FNO3/c1-4-18-13(16)9(2)8-15-12-7-10(17-3)5-6-11(12)14/h5-7,9,15H,4,8H2,1-3H3. The van der Waals surface area contributed by atoms with E-state index in [0.29, 0.717) is 24.6 Å². The first-order chi connectivity index (χ1) is 8.58. The van der Waals surface area contributed by atoms with Crippen LogP contribution in [0.2, 0.25) is 0 Å². The Balaban J connectivity index is 2.60. The Bertz CT molecular complexity index is 409. The summed E-state index contributed by atoms with van der Waals surface area (Å²) in [5.41, 5.74) is 0.311. The number of ether oxygens (including phenoxy) is 2. The second kappa shape index (κ2) is 6.83. The molecule has 0 fully saturated rings. The monoisotopic (exact) mass is 255 g/mol. The molecule has 18 heavy (non-hydrogen) atoms. The largest absolute Gasteiger partial charge is 0.497 e. The topological polar surface area (TPSA) is 47.6 Å². The molecule has 1 unspecified atom stereocenters. The number of halogens is 1. The number of anilines is 1. The normalized spacial score (nSPS) is 11.8. The van der Waals surface area contributed by atoms with Gasteiger partial charge in [0.25, 0.3) is 0 Å². The van der Waals surface area contributed by atoms with Crippen LogP contribution in [0.15, 0.2) is 18.2 Å². The van der Waals surface area contributed by atoms with Crippen molar-refractivity contribution in [2.75, 3.05) is 25.6 Å². The second-order valence-corrected chi connectivity index (χ2v) is 3.88. The number of hydrogen-bond acceptors (Lipinski definition) is 4. The minimum absolute atomic E-state index is 0.298. The molecule has 1 atom stereocenters. The van der Waals surface area contributed by atoms with Crippen molar-refractivity contribution in [2.24, 2.45) is 5.92 Å². The van der Waals surface area contributed by atoms with Gasteiger partial charge in [-0.05, 0) is 19.1 Å². The van der Waals surface area contributed by atoms with Crippen LogP contribution in [0.4, 0.5) is 10.1 Å². The van der Waals surface area contributed by atoms with E-state index in [0.717, 1.165) is 0 Å². The number of esters is 1. The summed E-state index contributed by atoms with van der Waals surface area (Å²) in [7, 11) is 1.51. The number of carbonyl (C=O) groups excluding carboxylic acids is 1. The van der Waals surface area contributed by atoms with Crippen LogP contribution in [0.5, 0.6) is 5.75 Å². The van der Waals surface area contributed by atoms with Gasteiger partial charge < -0.3 is 14.8 Å². The zero-order chi connectivity index (χ0) is 13.5. The average molecular weight is 255 g/mol. The van der Waals surface area contributed by atoms with Crippen molar-refractivity contribution in [3.05, 3.63) is 24.0 Å². The molecule has 0 aliphatic heterocycles. The number of methoxy groups -OCH3 is 1. The number of carbonyl (C=O) groups is 1. The molecule has 4 nitrogen and oxygen atoms in total. The molecule has 0 aliphatic carbocycles. The highest BCUT2D eigenvalue weighted by Crippen LogP contribution is 2.21. The van der Waals surface area contributed by atoms with Crippen molar-refractivity contribution in [3.63, 3.8) is 0 Å². The van der Waals surface area contributed by atoms with Crippen molar-refractivity contribution in [3.8, 4) is 5.75 Å². The lowest BCUT2D eigenvalue weighted by Crippen LogP contribution is -2.22. The summed E-state index contributed by atoms with van der Waals surface area (Å²) in [6.07, 6.45) is 0. The molecule has 0 radical (unpaired) electrons. The third-order valence-corrected chi connectivity index (χ3v) is 2.46. The van der Waals surface area contributed by atoms with Gasteiger partial charge in [-0.1, -0.05) is 6.92 Å². The minimum Gasteiger partial charge on any atom is -0.497 e. The summed E-state index contributed by atoms with van der Waals surface area (Å²) < 4.78 is 23.3. The number of nitrogens with one attached hydrogen (secondary N) is 1. The third-order valence-electron chi connectivity index (χ3n) is 2.46. The van der Waals surface area contributed by atoms with Crippen LogP contribution in [-0.2, 0) is 9.53 Å². The molecule has 0 amide bonds. The lowest BCUT2D eigenvalue weighted by Gasteiger charge is -2.13. The molecule has 100 valence electrons. The second-order valence-electron chi connectivity index (χ2n) is 3.88. The predicted molar refractivity (Wildman–Crippen MR) is 67.2 cm³/mol. The highest BCUT2D eigenvalue weighted by molar-refractivity contribution is 5.72. The van der Waals surface area contributed by atoms with Gasteiger partial charge in [-0.3, -0.25) is 4.79 Å². The van der Waals surface area contributed by atoms with Crippen LogP contribution in [0, 0.1) is 11.7 Å². The van der Waals surface area contributed by atoms with Crippen molar-refractivity contribution >= 4 is 11.7 Å². The molecule has 0 bridgehead atoms. The fraction of sp³-hybridized carbons (Fsp3) is 0.462. The molecule has 0 heterocycles. The van der Waals surface area contributed by atoms with Gasteiger partial charge in [0.1, 0.15) is 11.6 Å². The summed E-state index contributed by atoms with van der Waals surface area (Å²) in [6, 6.07) is 4.40. The summed E-state index contributed by atoms with van der Waals surface area (Å²) in [4.78, 5) is 11.4. The van der Waals surface area contributed by atoms with Gasteiger partial charge in [0.05, 0.1) is 25.3 Å². The molecule has 1 rings (SSSR count). The van der Waals surface area contributed by atoms with E-state index in [2.05, 4.69) is 5.32 Å². The molecule has 0 aromatic heterocycles. The molecular weight excluding hydrogens is 237 g/mol. The van der Waals surface area contributed by atoms with Crippen LogP contribution in [0.25, 0.3) is 0 Å². The van der Waals surface area contributed by atoms with Crippen LogP contribution < -0.4 is 10.1 Å². The SMILES string of the molecule is CCOC(=O)C(C)CNc1cc(OC)ccc1F. The van der Waals surface area contributed by atoms with Gasteiger partial charge in [0.15, 0.2) is 0 Å². The Morgan fingerprint density at radius 1 is 1.50 bits per heavy atom. The van der Waals surface area contributed by atoms with Crippen molar-refractivity contribution < 1.29 is 18.7 Å². The molecule has 1 aromatic rings.